The van der Waals surface area contributed by atoms with Crippen LogP contribution in [-0.2, 0) is 9.53 Å². The summed E-state index contributed by atoms with van der Waals surface area (Å²) in [5.74, 6) is -0.237. The zero-order valence-electron chi connectivity index (χ0n) is 16.8. The van der Waals surface area contributed by atoms with Crippen LogP contribution in [0.4, 0.5) is 5.69 Å². The molecule has 0 aromatic heterocycles. The molecule has 154 valence electrons. The molecule has 0 bridgehead atoms. The van der Waals surface area contributed by atoms with Crippen LogP contribution in [0.5, 0.6) is 11.5 Å². The fourth-order valence-electron chi connectivity index (χ4n) is 2.93. The molecule has 1 N–H and O–H groups in total. The smallest absolute Gasteiger partial charge is 0.343 e. The van der Waals surface area contributed by atoms with E-state index in [1.165, 1.54) is 7.11 Å². The quantitative estimate of drug-likeness (QED) is 0.553. The molecule has 1 atom stereocenters. The van der Waals surface area contributed by atoms with Crippen LogP contribution < -0.4 is 14.8 Å². The number of hydrogen-bond donors (Lipinski definition) is 1. The largest absolute Gasteiger partial charge is 0.496 e. The number of methoxy groups -OCH3 is 1. The third-order valence-corrected chi connectivity index (χ3v) is 4.34. The molecule has 0 unspecified atom stereocenters. The minimum atomic E-state index is -1.15. The highest BCUT2D eigenvalue weighted by Gasteiger charge is 2.27. The number of esters is 1. The molecular weight excluding hydrogens is 382 g/mol. The van der Waals surface area contributed by atoms with Crippen molar-refractivity contribution < 1.29 is 23.8 Å². The van der Waals surface area contributed by atoms with Gasteiger partial charge >= 0.3 is 5.97 Å². The van der Waals surface area contributed by atoms with E-state index in [1.54, 1.807) is 66.7 Å². The summed E-state index contributed by atoms with van der Waals surface area (Å²) in [6.07, 6.45) is -1.15. The number of benzene rings is 3. The lowest BCUT2D eigenvalue weighted by Gasteiger charge is -2.19. The van der Waals surface area contributed by atoms with Gasteiger partial charge in [0.25, 0.3) is 5.91 Å². The van der Waals surface area contributed by atoms with E-state index in [0.717, 1.165) is 0 Å². The van der Waals surface area contributed by atoms with E-state index < -0.39 is 18.0 Å². The molecule has 1 amide bonds. The zero-order chi connectivity index (χ0) is 21.3. The van der Waals surface area contributed by atoms with E-state index in [1.807, 2.05) is 19.1 Å². The molecule has 3 rings (SSSR count). The van der Waals surface area contributed by atoms with Crippen molar-refractivity contribution in [2.45, 2.75) is 13.0 Å². The van der Waals surface area contributed by atoms with E-state index in [9.17, 15) is 9.59 Å². The van der Waals surface area contributed by atoms with Crippen molar-refractivity contribution in [2.24, 2.45) is 0 Å². The second-order valence-electron chi connectivity index (χ2n) is 6.31. The Morgan fingerprint density at radius 1 is 0.867 bits per heavy atom. The fourth-order valence-corrected chi connectivity index (χ4v) is 2.93. The Hall–Kier alpha value is -3.80. The second-order valence-corrected chi connectivity index (χ2v) is 6.31. The molecule has 0 fully saturated rings. The fraction of sp³-hybridized carbons (Fsp3) is 0.167. The Kier molecular flexibility index (Phi) is 7.05. The van der Waals surface area contributed by atoms with Gasteiger partial charge < -0.3 is 19.5 Å². The molecule has 0 aliphatic carbocycles. The van der Waals surface area contributed by atoms with Crippen LogP contribution in [0.15, 0.2) is 78.9 Å². The van der Waals surface area contributed by atoms with Gasteiger partial charge in [-0.15, -0.1) is 0 Å². The van der Waals surface area contributed by atoms with Gasteiger partial charge in [-0.2, -0.15) is 0 Å². The van der Waals surface area contributed by atoms with E-state index in [-0.39, 0.29) is 5.56 Å². The maximum atomic E-state index is 13.1. The summed E-state index contributed by atoms with van der Waals surface area (Å²) in [5.41, 5.74) is 1.29. The van der Waals surface area contributed by atoms with Gasteiger partial charge in [0.05, 0.1) is 19.4 Å². The first-order chi connectivity index (χ1) is 14.6. The van der Waals surface area contributed by atoms with Crippen LogP contribution in [0.2, 0.25) is 0 Å². The van der Waals surface area contributed by atoms with Crippen molar-refractivity contribution in [3.63, 3.8) is 0 Å². The SMILES string of the molecule is CCOc1ccccc1NC(=O)[C@@H](OC(=O)c1ccccc1OC)c1ccccc1. The normalized spacial score (nSPS) is 11.3. The van der Waals surface area contributed by atoms with Crippen LogP contribution in [0.25, 0.3) is 0 Å². The second kappa shape index (κ2) is 10.1. The molecule has 3 aromatic rings. The first-order valence-electron chi connectivity index (χ1n) is 9.55. The Balaban J connectivity index is 1.88. The number of amides is 1. The van der Waals surface area contributed by atoms with Crippen molar-refractivity contribution in [1.82, 2.24) is 0 Å². The van der Waals surface area contributed by atoms with Gasteiger partial charge in [-0.05, 0) is 31.2 Å². The molecule has 0 spiro atoms. The third-order valence-electron chi connectivity index (χ3n) is 4.34. The van der Waals surface area contributed by atoms with Crippen molar-refractivity contribution in [3.05, 3.63) is 90.0 Å². The number of hydrogen-bond acceptors (Lipinski definition) is 5. The lowest BCUT2D eigenvalue weighted by Crippen LogP contribution is -2.26. The summed E-state index contributed by atoms with van der Waals surface area (Å²) >= 11 is 0. The molecule has 0 aliphatic heterocycles. The van der Waals surface area contributed by atoms with E-state index in [0.29, 0.717) is 29.4 Å². The van der Waals surface area contributed by atoms with Gasteiger partial charge in [0.2, 0.25) is 6.10 Å². The Morgan fingerprint density at radius 2 is 1.50 bits per heavy atom. The van der Waals surface area contributed by atoms with E-state index >= 15 is 0 Å². The summed E-state index contributed by atoms with van der Waals surface area (Å²) in [6.45, 7) is 2.32. The van der Waals surface area contributed by atoms with Crippen molar-refractivity contribution in [2.75, 3.05) is 19.0 Å². The molecule has 3 aromatic carbocycles. The van der Waals surface area contributed by atoms with Crippen LogP contribution >= 0.6 is 0 Å². The number of carbonyl (C=O) groups excluding carboxylic acids is 2. The summed E-state index contributed by atoms with van der Waals surface area (Å²) in [5, 5.41) is 2.81. The Bertz CT molecular complexity index is 1000. The van der Waals surface area contributed by atoms with Crippen LogP contribution in [-0.4, -0.2) is 25.6 Å². The minimum Gasteiger partial charge on any atom is -0.496 e. The lowest BCUT2D eigenvalue weighted by atomic mass is 10.1. The number of nitrogens with one attached hydrogen (secondary N) is 1. The van der Waals surface area contributed by atoms with Crippen molar-refractivity contribution in [1.29, 1.82) is 0 Å². The third kappa shape index (κ3) is 4.97. The molecular formula is C24H23NO5. The number of rotatable bonds is 8. The average molecular weight is 405 g/mol. The van der Waals surface area contributed by atoms with E-state index in [4.69, 9.17) is 14.2 Å². The molecule has 0 radical (unpaired) electrons. The van der Waals surface area contributed by atoms with Crippen LogP contribution in [0.3, 0.4) is 0 Å². The number of para-hydroxylation sites is 3. The molecule has 6 nitrogen and oxygen atoms in total. The van der Waals surface area contributed by atoms with Crippen LogP contribution in [0.1, 0.15) is 28.9 Å². The first kappa shape index (κ1) is 20.9. The maximum absolute atomic E-state index is 13.1. The highest BCUT2D eigenvalue weighted by Crippen LogP contribution is 2.28. The Labute approximate surface area is 175 Å². The monoisotopic (exact) mass is 405 g/mol. The Morgan fingerprint density at radius 3 is 2.20 bits per heavy atom. The molecule has 0 aliphatic rings. The molecule has 0 heterocycles. The standard InChI is InChI=1S/C24H23NO5/c1-3-29-21-16-10-8-14-19(21)25-23(26)22(17-11-5-4-6-12-17)30-24(27)18-13-7-9-15-20(18)28-2/h4-16,22H,3H2,1-2H3,(H,25,26)/t22-/m0/s1. The topological polar surface area (TPSA) is 73.9 Å². The summed E-state index contributed by atoms with van der Waals surface area (Å²) in [7, 11) is 1.47. The predicted octanol–water partition coefficient (Wildman–Crippen LogP) is 4.63. The van der Waals surface area contributed by atoms with Gasteiger partial charge in [0.1, 0.15) is 17.1 Å². The van der Waals surface area contributed by atoms with Crippen molar-refractivity contribution in [3.8, 4) is 11.5 Å². The van der Waals surface area contributed by atoms with Gasteiger partial charge in [0.15, 0.2) is 0 Å². The number of anilines is 1. The highest BCUT2D eigenvalue weighted by molar-refractivity contribution is 5.99. The van der Waals surface area contributed by atoms with Gasteiger partial charge in [-0.1, -0.05) is 54.6 Å². The highest BCUT2D eigenvalue weighted by atomic mass is 16.6. The average Bonchev–Trinajstić information content (AvgIpc) is 2.79. The summed E-state index contributed by atoms with van der Waals surface area (Å²) in [6, 6.07) is 22.6. The van der Waals surface area contributed by atoms with Crippen LogP contribution in [0, 0.1) is 0 Å². The summed E-state index contributed by atoms with van der Waals surface area (Å²) in [4.78, 5) is 25.9. The molecule has 0 saturated carbocycles. The van der Waals surface area contributed by atoms with Gasteiger partial charge in [-0.25, -0.2) is 4.79 Å². The predicted molar refractivity (Wildman–Crippen MR) is 114 cm³/mol. The molecule has 30 heavy (non-hydrogen) atoms. The zero-order valence-corrected chi connectivity index (χ0v) is 16.8. The molecule has 6 heteroatoms. The summed E-state index contributed by atoms with van der Waals surface area (Å²) < 4.78 is 16.4. The maximum Gasteiger partial charge on any atom is 0.343 e. The van der Waals surface area contributed by atoms with Crippen molar-refractivity contribution >= 4 is 17.6 Å². The van der Waals surface area contributed by atoms with Gasteiger partial charge in [0, 0.05) is 5.56 Å². The number of carbonyl (C=O) groups is 2. The minimum absolute atomic E-state index is 0.239. The number of ether oxygens (including phenoxy) is 3. The van der Waals surface area contributed by atoms with Gasteiger partial charge in [-0.3, -0.25) is 4.79 Å². The lowest BCUT2D eigenvalue weighted by molar-refractivity contribution is -0.125. The van der Waals surface area contributed by atoms with E-state index in [2.05, 4.69) is 5.32 Å². The first-order valence-corrected chi connectivity index (χ1v) is 9.55. The molecule has 0 saturated heterocycles.